The second-order valence-electron chi connectivity index (χ2n) is 1.68. The van der Waals surface area contributed by atoms with Gasteiger partial charge in [-0.25, -0.2) is 8.78 Å². The number of methoxy groups -OCH3 is 1. The van der Waals surface area contributed by atoms with E-state index in [2.05, 4.69) is 4.74 Å². The maximum atomic E-state index is 11.4. The lowest BCUT2D eigenvalue weighted by Gasteiger charge is -2.06. The van der Waals surface area contributed by atoms with Crippen molar-refractivity contribution in [2.75, 3.05) is 13.7 Å². The first kappa shape index (κ1) is 8.78. The van der Waals surface area contributed by atoms with Gasteiger partial charge >= 0.3 is 0 Å². The predicted octanol–water partition coefficient (Wildman–Crippen LogP) is 0.649. The third-order valence-electron chi connectivity index (χ3n) is 0.909. The van der Waals surface area contributed by atoms with Gasteiger partial charge in [0.2, 0.25) is 0 Å². The van der Waals surface area contributed by atoms with Gasteiger partial charge < -0.3 is 9.84 Å². The minimum Gasteiger partial charge on any atom is -0.387 e. The zero-order valence-electron chi connectivity index (χ0n) is 5.18. The summed E-state index contributed by atoms with van der Waals surface area (Å²) in [7, 11) is 1.40. The third-order valence-corrected chi connectivity index (χ3v) is 0.909. The zero-order chi connectivity index (χ0) is 7.28. The Morgan fingerprint density at radius 3 is 2.44 bits per heavy atom. The lowest BCUT2D eigenvalue weighted by molar-refractivity contribution is -0.0201. The smallest absolute Gasteiger partial charge is 0.264 e. The summed E-state index contributed by atoms with van der Waals surface area (Å²) in [4.78, 5) is 0. The summed E-state index contributed by atoms with van der Waals surface area (Å²) >= 11 is 0. The van der Waals surface area contributed by atoms with Crippen LogP contribution >= 0.6 is 0 Å². The van der Waals surface area contributed by atoms with Gasteiger partial charge in [0.25, 0.3) is 6.43 Å². The molecule has 0 rings (SSSR count). The summed E-state index contributed by atoms with van der Waals surface area (Å²) in [5.41, 5.74) is 0. The fraction of sp³-hybridized carbons (Fsp3) is 1.00. The average molecular weight is 140 g/mol. The normalized spacial score (nSPS) is 14.3. The van der Waals surface area contributed by atoms with Crippen LogP contribution < -0.4 is 0 Å². The van der Waals surface area contributed by atoms with E-state index in [4.69, 9.17) is 5.11 Å². The van der Waals surface area contributed by atoms with E-state index in [0.717, 1.165) is 0 Å². The van der Waals surface area contributed by atoms with E-state index in [0.29, 0.717) is 0 Å². The molecular weight excluding hydrogens is 130 g/mol. The fourth-order valence-electron chi connectivity index (χ4n) is 0.365. The lowest BCUT2D eigenvalue weighted by Crippen LogP contribution is -2.18. The van der Waals surface area contributed by atoms with E-state index in [9.17, 15) is 8.78 Å². The van der Waals surface area contributed by atoms with Crippen molar-refractivity contribution < 1.29 is 18.6 Å². The van der Waals surface area contributed by atoms with Crippen LogP contribution in [0.15, 0.2) is 0 Å². The molecule has 0 aliphatic heterocycles. The molecule has 1 N–H and O–H groups in total. The minimum atomic E-state index is -2.65. The van der Waals surface area contributed by atoms with Crippen molar-refractivity contribution >= 4 is 0 Å². The third kappa shape index (κ3) is 4.29. The van der Waals surface area contributed by atoms with Gasteiger partial charge in [-0.3, -0.25) is 0 Å². The summed E-state index contributed by atoms with van der Waals surface area (Å²) in [5.74, 6) is 0. The summed E-state index contributed by atoms with van der Waals surface area (Å²) in [6.07, 6.45) is -4.20. The molecule has 0 amide bonds. The highest BCUT2D eigenvalue weighted by molar-refractivity contribution is 4.55. The van der Waals surface area contributed by atoms with E-state index in [1.165, 1.54) is 7.11 Å². The van der Waals surface area contributed by atoms with Gasteiger partial charge in [-0.1, -0.05) is 0 Å². The number of hydrogen-bond donors (Lipinski definition) is 1. The van der Waals surface area contributed by atoms with Crippen LogP contribution in [-0.4, -0.2) is 31.4 Å². The van der Waals surface area contributed by atoms with Crippen molar-refractivity contribution in [2.24, 2.45) is 0 Å². The molecule has 0 bridgehead atoms. The number of alkyl halides is 2. The minimum absolute atomic E-state index is 0.00579. The van der Waals surface area contributed by atoms with Gasteiger partial charge in [0.1, 0.15) is 6.10 Å². The first-order chi connectivity index (χ1) is 4.18. The highest BCUT2D eigenvalue weighted by atomic mass is 19.3. The maximum Gasteiger partial charge on any atom is 0.264 e. The molecule has 1 unspecified atom stereocenters. The molecule has 4 heteroatoms. The summed E-state index contributed by atoms with van der Waals surface area (Å²) in [6.45, 7) is 0.172. The molecule has 0 aliphatic carbocycles. The van der Waals surface area contributed by atoms with Crippen LogP contribution in [-0.2, 0) is 4.74 Å². The van der Waals surface area contributed by atoms with E-state index in [1.54, 1.807) is 0 Å². The van der Waals surface area contributed by atoms with Crippen LogP contribution in [0.25, 0.3) is 0 Å². The van der Waals surface area contributed by atoms with Gasteiger partial charge in [0, 0.05) is 20.1 Å². The van der Waals surface area contributed by atoms with Gasteiger partial charge in [0.05, 0.1) is 0 Å². The Morgan fingerprint density at radius 1 is 1.56 bits per heavy atom. The molecular formula is C5H10F2O2. The van der Waals surface area contributed by atoms with Crippen molar-refractivity contribution in [1.29, 1.82) is 0 Å². The van der Waals surface area contributed by atoms with Gasteiger partial charge in [0.15, 0.2) is 0 Å². The first-order valence-corrected chi connectivity index (χ1v) is 2.63. The summed E-state index contributed by atoms with van der Waals surface area (Å²) < 4.78 is 27.4. The summed E-state index contributed by atoms with van der Waals surface area (Å²) in [6, 6.07) is 0. The second-order valence-corrected chi connectivity index (χ2v) is 1.68. The molecule has 0 aliphatic rings. The topological polar surface area (TPSA) is 29.5 Å². The molecule has 2 nitrogen and oxygen atoms in total. The Balaban J connectivity index is 3.16. The van der Waals surface area contributed by atoms with E-state index in [1.807, 2.05) is 0 Å². The highest BCUT2D eigenvalue weighted by Crippen LogP contribution is 2.03. The highest BCUT2D eigenvalue weighted by Gasteiger charge is 2.15. The zero-order valence-corrected chi connectivity index (χ0v) is 5.18. The molecule has 0 saturated heterocycles. The van der Waals surface area contributed by atoms with Crippen LogP contribution in [0, 0.1) is 0 Å². The monoisotopic (exact) mass is 140 g/mol. The molecule has 9 heavy (non-hydrogen) atoms. The van der Waals surface area contributed by atoms with Crippen LogP contribution in [0.3, 0.4) is 0 Å². The number of ether oxygens (including phenoxy) is 1. The van der Waals surface area contributed by atoms with Crippen LogP contribution in [0.1, 0.15) is 6.42 Å². The molecule has 1 atom stereocenters. The molecule has 0 aromatic carbocycles. The summed E-state index contributed by atoms with van der Waals surface area (Å²) in [5, 5.41) is 8.43. The van der Waals surface area contributed by atoms with Crippen molar-refractivity contribution in [3.63, 3.8) is 0 Å². The van der Waals surface area contributed by atoms with Crippen LogP contribution in [0.5, 0.6) is 0 Å². The molecule has 0 aromatic rings. The Hall–Kier alpha value is -0.220. The molecule has 0 fully saturated rings. The standard InChI is InChI=1S/C5H10F2O2/c1-9-3-2-4(8)5(6)7/h4-5,8H,2-3H2,1H3. The first-order valence-electron chi connectivity index (χ1n) is 2.63. The Bertz CT molecular complexity index is 68.0. The van der Waals surface area contributed by atoms with Crippen molar-refractivity contribution in [2.45, 2.75) is 19.0 Å². The quantitative estimate of drug-likeness (QED) is 0.621. The Labute approximate surface area is 52.4 Å². The number of aliphatic hydroxyl groups is 1. The van der Waals surface area contributed by atoms with Crippen molar-refractivity contribution in [3.8, 4) is 0 Å². The molecule has 0 aromatic heterocycles. The number of aliphatic hydroxyl groups excluding tert-OH is 1. The van der Waals surface area contributed by atoms with E-state index in [-0.39, 0.29) is 13.0 Å². The molecule has 0 radical (unpaired) electrons. The Morgan fingerprint density at radius 2 is 2.11 bits per heavy atom. The number of hydrogen-bond acceptors (Lipinski definition) is 2. The fourth-order valence-corrected chi connectivity index (χ4v) is 0.365. The molecule has 0 spiro atoms. The Kier molecular flexibility index (Phi) is 4.53. The van der Waals surface area contributed by atoms with Gasteiger partial charge in [-0.2, -0.15) is 0 Å². The molecule has 0 saturated carbocycles. The molecule has 0 heterocycles. The molecule has 56 valence electrons. The van der Waals surface area contributed by atoms with Crippen LogP contribution in [0.4, 0.5) is 8.78 Å². The van der Waals surface area contributed by atoms with E-state index >= 15 is 0 Å². The largest absolute Gasteiger partial charge is 0.387 e. The second kappa shape index (κ2) is 4.64. The van der Waals surface area contributed by atoms with Gasteiger partial charge in [-0.15, -0.1) is 0 Å². The number of rotatable bonds is 4. The SMILES string of the molecule is COCCC(O)C(F)F. The van der Waals surface area contributed by atoms with Crippen LogP contribution in [0.2, 0.25) is 0 Å². The van der Waals surface area contributed by atoms with Crippen molar-refractivity contribution in [3.05, 3.63) is 0 Å². The van der Waals surface area contributed by atoms with Crippen molar-refractivity contribution in [1.82, 2.24) is 0 Å². The number of halogens is 2. The average Bonchev–Trinajstić information content (AvgIpc) is 1.82. The predicted molar refractivity (Wildman–Crippen MR) is 28.5 cm³/mol. The maximum absolute atomic E-state index is 11.4. The van der Waals surface area contributed by atoms with Gasteiger partial charge in [-0.05, 0) is 0 Å². The lowest BCUT2D eigenvalue weighted by atomic mass is 10.3. The van der Waals surface area contributed by atoms with E-state index < -0.39 is 12.5 Å².